The summed E-state index contributed by atoms with van der Waals surface area (Å²) in [6.45, 7) is 0.581. The molecule has 0 atom stereocenters. The molecule has 1 aromatic carbocycles. The largest absolute Gasteiger partial charge is 0.494 e. The normalized spacial score (nSPS) is 12.7. The van der Waals surface area contributed by atoms with Crippen LogP contribution >= 0.6 is 0 Å². The van der Waals surface area contributed by atoms with E-state index in [4.69, 9.17) is 10.5 Å². The molecule has 0 fully saturated rings. The zero-order valence-electron chi connectivity index (χ0n) is 11.6. The van der Waals surface area contributed by atoms with Gasteiger partial charge in [0.05, 0.1) is 11.5 Å². The van der Waals surface area contributed by atoms with Crippen molar-refractivity contribution in [1.29, 1.82) is 0 Å². The third kappa shape index (κ3) is 4.58. The van der Waals surface area contributed by atoms with Crippen molar-refractivity contribution in [1.82, 2.24) is 4.31 Å². The zero-order valence-corrected chi connectivity index (χ0v) is 12.5. The summed E-state index contributed by atoms with van der Waals surface area (Å²) in [6, 6.07) is 3.82. The Kier molecular flexibility index (Phi) is 5.60. The third-order valence-electron chi connectivity index (χ3n) is 2.66. The Morgan fingerprint density at radius 1 is 1.33 bits per heavy atom. The van der Waals surface area contributed by atoms with Gasteiger partial charge in [0.25, 0.3) is 0 Å². The maximum atomic E-state index is 12.3. The van der Waals surface area contributed by atoms with Crippen molar-refractivity contribution < 1.29 is 26.3 Å². The molecule has 0 spiro atoms. The smallest absolute Gasteiger partial charge is 0.402 e. The summed E-state index contributed by atoms with van der Waals surface area (Å²) in [7, 11) is -3.36. The molecule has 0 aliphatic rings. The van der Waals surface area contributed by atoms with E-state index in [1.807, 2.05) is 0 Å². The molecule has 5 nitrogen and oxygen atoms in total. The minimum Gasteiger partial charge on any atom is -0.494 e. The summed E-state index contributed by atoms with van der Waals surface area (Å²) < 4.78 is 66.7. The number of sulfonamides is 1. The van der Waals surface area contributed by atoms with Gasteiger partial charge in [0.1, 0.15) is 12.3 Å². The van der Waals surface area contributed by atoms with E-state index >= 15 is 0 Å². The molecule has 9 heteroatoms. The highest BCUT2D eigenvalue weighted by molar-refractivity contribution is 7.89. The fourth-order valence-electron chi connectivity index (χ4n) is 1.69. The first-order valence-corrected chi connectivity index (χ1v) is 7.54. The number of nitrogens with zero attached hydrogens (tertiary/aromatic N) is 1. The maximum absolute atomic E-state index is 12.3. The average molecular weight is 326 g/mol. The molecular formula is C12H17F3N2O3S. The number of nitrogens with two attached hydrogens (primary N) is 1. The van der Waals surface area contributed by atoms with Gasteiger partial charge in [0, 0.05) is 19.2 Å². The number of benzene rings is 1. The number of ether oxygens (including phenoxy) is 1. The van der Waals surface area contributed by atoms with Gasteiger partial charge in [0.15, 0.2) is 0 Å². The van der Waals surface area contributed by atoms with Gasteiger partial charge in [-0.05, 0) is 25.1 Å². The van der Waals surface area contributed by atoms with Gasteiger partial charge in [-0.1, -0.05) is 0 Å². The van der Waals surface area contributed by atoms with Crippen molar-refractivity contribution >= 4 is 10.0 Å². The summed E-state index contributed by atoms with van der Waals surface area (Å²) in [4.78, 5) is -0.252. The van der Waals surface area contributed by atoms with Crippen LogP contribution in [-0.2, 0) is 16.6 Å². The van der Waals surface area contributed by atoms with Crippen LogP contribution in [-0.4, -0.2) is 39.1 Å². The maximum Gasteiger partial charge on any atom is 0.402 e. The standard InChI is InChI=1S/C12H17F3N2O3S/c1-3-20-11-5-4-10(6-9(11)7-16)21(18,19)17(2)8-12(13,14)15/h4-6H,3,7-8,16H2,1-2H3. The average Bonchev–Trinajstić information content (AvgIpc) is 2.37. The Morgan fingerprint density at radius 2 is 1.95 bits per heavy atom. The molecule has 2 N–H and O–H groups in total. The van der Waals surface area contributed by atoms with Crippen molar-refractivity contribution in [3.8, 4) is 5.75 Å². The van der Waals surface area contributed by atoms with Crippen LogP contribution in [0, 0.1) is 0 Å². The van der Waals surface area contributed by atoms with Crippen molar-refractivity contribution in [2.75, 3.05) is 20.2 Å². The van der Waals surface area contributed by atoms with E-state index in [1.54, 1.807) is 6.92 Å². The van der Waals surface area contributed by atoms with Gasteiger partial charge >= 0.3 is 6.18 Å². The molecule has 0 saturated carbocycles. The molecule has 1 aromatic rings. The van der Waals surface area contributed by atoms with E-state index in [0.717, 1.165) is 7.05 Å². The topological polar surface area (TPSA) is 72.6 Å². The highest BCUT2D eigenvalue weighted by Crippen LogP contribution is 2.26. The van der Waals surface area contributed by atoms with E-state index in [0.29, 0.717) is 17.9 Å². The highest BCUT2D eigenvalue weighted by atomic mass is 32.2. The number of alkyl halides is 3. The van der Waals surface area contributed by atoms with Gasteiger partial charge in [0.2, 0.25) is 10.0 Å². The lowest BCUT2D eigenvalue weighted by Gasteiger charge is -2.19. The molecule has 0 bridgehead atoms. The predicted molar refractivity (Wildman–Crippen MR) is 71.4 cm³/mol. The van der Waals surface area contributed by atoms with Crippen LogP contribution in [0.2, 0.25) is 0 Å². The second-order valence-corrected chi connectivity index (χ2v) is 6.33. The van der Waals surface area contributed by atoms with Crippen LogP contribution in [0.25, 0.3) is 0 Å². The molecule has 0 aliphatic heterocycles. The molecule has 0 unspecified atom stereocenters. The molecule has 1 rings (SSSR count). The molecule has 21 heavy (non-hydrogen) atoms. The molecule has 0 heterocycles. The van der Waals surface area contributed by atoms with Crippen LogP contribution in [0.1, 0.15) is 12.5 Å². The Hall–Kier alpha value is -1.32. The van der Waals surface area contributed by atoms with Crippen molar-refractivity contribution in [3.05, 3.63) is 23.8 Å². The summed E-state index contributed by atoms with van der Waals surface area (Å²) >= 11 is 0. The van der Waals surface area contributed by atoms with Gasteiger partial charge in [-0.3, -0.25) is 0 Å². The van der Waals surface area contributed by atoms with E-state index in [-0.39, 0.29) is 15.7 Å². The van der Waals surface area contributed by atoms with Gasteiger partial charge < -0.3 is 10.5 Å². The van der Waals surface area contributed by atoms with Gasteiger partial charge in [-0.15, -0.1) is 0 Å². The number of halogens is 3. The van der Waals surface area contributed by atoms with Crippen LogP contribution in [0.4, 0.5) is 13.2 Å². The first-order valence-electron chi connectivity index (χ1n) is 6.10. The first kappa shape index (κ1) is 17.7. The first-order chi connectivity index (χ1) is 9.61. The third-order valence-corrected chi connectivity index (χ3v) is 4.46. The molecule has 0 amide bonds. The van der Waals surface area contributed by atoms with Crippen LogP contribution in [0.15, 0.2) is 23.1 Å². The molecular weight excluding hydrogens is 309 g/mol. The van der Waals surface area contributed by atoms with Crippen LogP contribution < -0.4 is 10.5 Å². The lowest BCUT2D eigenvalue weighted by atomic mass is 10.2. The second kappa shape index (κ2) is 6.63. The molecule has 0 radical (unpaired) electrons. The van der Waals surface area contributed by atoms with E-state index in [1.165, 1.54) is 18.2 Å². The van der Waals surface area contributed by atoms with Gasteiger partial charge in [-0.25, -0.2) is 8.42 Å². The van der Waals surface area contributed by atoms with E-state index < -0.39 is 22.7 Å². The van der Waals surface area contributed by atoms with Crippen LogP contribution in [0.3, 0.4) is 0 Å². The summed E-state index contributed by atoms with van der Waals surface area (Å²) in [5, 5.41) is 0. The molecule has 0 aliphatic carbocycles. The summed E-state index contributed by atoms with van der Waals surface area (Å²) in [6.07, 6.45) is -4.61. The minimum atomic E-state index is -4.61. The lowest BCUT2D eigenvalue weighted by Crippen LogP contribution is -2.35. The Balaban J connectivity index is 3.14. The highest BCUT2D eigenvalue weighted by Gasteiger charge is 2.35. The molecule has 120 valence electrons. The quantitative estimate of drug-likeness (QED) is 0.864. The summed E-state index contributed by atoms with van der Waals surface area (Å²) in [5.74, 6) is 0.414. The number of hydrogen-bond acceptors (Lipinski definition) is 4. The predicted octanol–water partition coefficient (Wildman–Crippen LogP) is 1.73. The Bertz CT molecular complexity index is 588. The summed E-state index contributed by atoms with van der Waals surface area (Å²) in [5.41, 5.74) is 5.92. The van der Waals surface area contributed by atoms with E-state index in [2.05, 4.69) is 0 Å². The fourth-order valence-corrected chi connectivity index (χ4v) is 2.90. The molecule has 0 saturated heterocycles. The second-order valence-electron chi connectivity index (χ2n) is 4.28. The number of rotatable bonds is 6. The Labute approximate surface area is 121 Å². The van der Waals surface area contributed by atoms with Crippen molar-refractivity contribution in [2.45, 2.75) is 24.5 Å². The zero-order chi connectivity index (χ0) is 16.3. The van der Waals surface area contributed by atoms with Crippen molar-refractivity contribution in [3.63, 3.8) is 0 Å². The van der Waals surface area contributed by atoms with Gasteiger partial charge in [-0.2, -0.15) is 17.5 Å². The van der Waals surface area contributed by atoms with E-state index in [9.17, 15) is 21.6 Å². The van der Waals surface area contributed by atoms with Crippen molar-refractivity contribution in [2.24, 2.45) is 5.73 Å². The monoisotopic (exact) mass is 326 g/mol. The molecule has 0 aromatic heterocycles. The number of hydrogen-bond donors (Lipinski definition) is 1. The SMILES string of the molecule is CCOc1ccc(S(=O)(=O)N(C)CC(F)(F)F)cc1CN. The van der Waals surface area contributed by atoms with Crippen LogP contribution in [0.5, 0.6) is 5.75 Å². The minimum absolute atomic E-state index is 0.0156. The fraction of sp³-hybridized carbons (Fsp3) is 0.500. The Morgan fingerprint density at radius 3 is 2.43 bits per heavy atom. The lowest BCUT2D eigenvalue weighted by molar-refractivity contribution is -0.134.